The van der Waals surface area contributed by atoms with E-state index in [-0.39, 0.29) is 15.8 Å². The van der Waals surface area contributed by atoms with Gasteiger partial charge >= 0.3 is 0 Å². The Hall–Kier alpha value is -1.33. The molecule has 0 spiro atoms. The first-order valence-corrected chi connectivity index (χ1v) is 4.85. The lowest BCUT2D eigenvalue weighted by Gasteiger charge is -1.93. The Morgan fingerprint density at radius 2 is 2.21 bits per heavy atom. The van der Waals surface area contributed by atoms with Crippen LogP contribution in [0.15, 0.2) is 18.2 Å². The highest BCUT2D eigenvalue weighted by Crippen LogP contribution is 2.44. The molecule has 1 N–H and O–H groups in total. The summed E-state index contributed by atoms with van der Waals surface area (Å²) in [5, 5.41) is 20.2. The summed E-state index contributed by atoms with van der Waals surface area (Å²) < 4.78 is 0.613. The van der Waals surface area contributed by atoms with E-state index < -0.39 is 4.92 Å². The van der Waals surface area contributed by atoms with Crippen molar-refractivity contribution in [3.63, 3.8) is 0 Å². The van der Waals surface area contributed by atoms with E-state index in [2.05, 4.69) is 0 Å². The Morgan fingerprint density at radius 1 is 1.50 bits per heavy atom. The van der Waals surface area contributed by atoms with Crippen molar-refractivity contribution in [3.8, 4) is 5.06 Å². The minimum atomic E-state index is -0.514. The van der Waals surface area contributed by atoms with Gasteiger partial charge in [-0.2, -0.15) is 0 Å². The number of thiophene rings is 1. The Labute approximate surface area is 87.5 Å². The minimum Gasteiger partial charge on any atom is -0.498 e. The van der Waals surface area contributed by atoms with Gasteiger partial charge in [0.15, 0.2) is 5.06 Å². The second kappa shape index (κ2) is 3.11. The first-order chi connectivity index (χ1) is 6.61. The number of hydrogen-bond acceptors (Lipinski definition) is 4. The number of hydrogen-bond donors (Lipinski definition) is 1. The van der Waals surface area contributed by atoms with E-state index in [0.717, 1.165) is 11.3 Å². The van der Waals surface area contributed by atoms with Gasteiger partial charge in [-0.15, -0.1) is 0 Å². The number of fused-ring (bicyclic) bond motifs is 1. The molecule has 1 heterocycles. The smallest absolute Gasteiger partial charge is 0.279 e. The first kappa shape index (κ1) is 9.23. The van der Waals surface area contributed by atoms with Crippen molar-refractivity contribution in [2.45, 2.75) is 0 Å². The maximum atomic E-state index is 10.6. The molecule has 0 amide bonds. The largest absolute Gasteiger partial charge is 0.498 e. The fourth-order valence-electron chi connectivity index (χ4n) is 1.23. The van der Waals surface area contributed by atoms with Gasteiger partial charge in [0.1, 0.15) is 5.02 Å². The fraction of sp³-hybridized carbons (Fsp3) is 0. The number of non-ortho nitro benzene ring substituents is 1. The minimum absolute atomic E-state index is 0.0531. The third-order valence-corrected chi connectivity index (χ3v) is 3.25. The van der Waals surface area contributed by atoms with Gasteiger partial charge in [-0.05, 0) is 6.07 Å². The van der Waals surface area contributed by atoms with Crippen LogP contribution in [0.4, 0.5) is 5.69 Å². The van der Waals surface area contributed by atoms with Crippen LogP contribution in [0, 0.1) is 10.1 Å². The average molecular weight is 230 g/mol. The molecule has 0 bridgehead atoms. The molecule has 0 saturated heterocycles. The van der Waals surface area contributed by atoms with Gasteiger partial charge in [0, 0.05) is 10.8 Å². The number of aromatic hydroxyl groups is 1. The number of rotatable bonds is 1. The maximum Gasteiger partial charge on any atom is 0.279 e. The zero-order chi connectivity index (χ0) is 10.3. The Balaban J connectivity index is 2.91. The predicted octanol–water partition coefficient (Wildman–Crippen LogP) is 3.17. The number of nitrogens with zero attached hydrogens (tertiary/aromatic N) is 1. The summed E-state index contributed by atoms with van der Waals surface area (Å²) in [6.07, 6.45) is 0. The van der Waals surface area contributed by atoms with Gasteiger partial charge in [-0.1, -0.05) is 29.0 Å². The van der Waals surface area contributed by atoms with Crippen molar-refractivity contribution in [1.82, 2.24) is 0 Å². The number of halogens is 1. The van der Waals surface area contributed by atoms with Crippen LogP contribution in [0.1, 0.15) is 0 Å². The van der Waals surface area contributed by atoms with Gasteiger partial charge in [0.05, 0.1) is 10.3 Å². The third kappa shape index (κ3) is 1.21. The molecule has 1 aromatic heterocycles. The number of nitro benzene ring substituents is 1. The lowest BCUT2D eigenvalue weighted by atomic mass is 10.2. The Bertz CT molecular complexity index is 523. The molecule has 6 heteroatoms. The molecule has 0 aliphatic rings. The molecule has 2 aromatic rings. The van der Waals surface area contributed by atoms with Crippen LogP contribution >= 0.6 is 22.9 Å². The highest BCUT2D eigenvalue weighted by Gasteiger charge is 2.19. The first-order valence-electron chi connectivity index (χ1n) is 3.65. The average Bonchev–Trinajstić information content (AvgIpc) is 2.43. The zero-order valence-corrected chi connectivity index (χ0v) is 8.30. The summed E-state index contributed by atoms with van der Waals surface area (Å²) in [7, 11) is 0. The van der Waals surface area contributed by atoms with Crippen molar-refractivity contribution in [3.05, 3.63) is 33.3 Å². The van der Waals surface area contributed by atoms with Gasteiger partial charge in [-0.25, -0.2) is 0 Å². The number of nitro groups is 1. The fourth-order valence-corrected chi connectivity index (χ4v) is 2.46. The van der Waals surface area contributed by atoms with Crippen molar-refractivity contribution in [1.29, 1.82) is 0 Å². The van der Waals surface area contributed by atoms with Crippen LogP contribution in [0.5, 0.6) is 5.06 Å². The molecule has 0 atom stereocenters. The summed E-state index contributed by atoms with van der Waals surface area (Å²) in [6, 6.07) is 4.60. The molecule has 2 rings (SSSR count). The van der Waals surface area contributed by atoms with Crippen LogP contribution in [-0.4, -0.2) is 10.0 Å². The van der Waals surface area contributed by atoms with Gasteiger partial charge in [0.25, 0.3) is 5.69 Å². The second-order valence-electron chi connectivity index (χ2n) is 2.63. The van der Waals surface area contributed by atoms with Crippen LogP contribution in [-0.2, 0) is 0 Å². The quantitative estimate of drug-likeness (QED) is 0.603. The van der Waals surface area contributed by atoms with Gasteiger partial charge < -0.3 is 5.11 Å². The molecule has 0 aliphatic heterocycles. The van der Waals surface area contributed by atoms with E-state index in [0.29, 0.717) is 10.1 Å². The molecule has 0 aliphatic carbocycles. The molecule has 1 aromatic carbocycles. The lowest BCUT2D eigenvalue weighted by Crippen LogP contribution is -1.87. The summed E-state index contributed by atoms with van der Waals surface area (Å²) in [5.74, 6) is 0. The van der Waals surface area contributed by atoms with Crippen LogP contribution in [0.3, 0.4) is 0 Å². The van der Waals surface area contributed by atoms with E-state index in [1.54, 1.807) is 12.1 Å². The molecule has 4 nitrogen and oxygen atoms in total. The lowest BCUT2D eigenvalue weighted by molar-refractivity contribution is -0.383. The summed E-state index contributed by atoms with van der Waals surface area (Å²) >= 11 is 6.78. The Kier molecular flexibility index (Phi) is 2.05. The number of benzene rings is 1. The molecule has 0 saturated carbocycles. The molecular weight excluding hydrogens is 226 g/mol. The van der Waals surface area contributed by atoms with E-state index in [9.17, 15) is 15.2 Å². The topological polar surface area (TPSA) is 63.4 Å². The van der Waals surface area contributed by atoms with Crippen molar-refractivity contribution < 1.29 is 10.0 Å². The second-order valence-corrected chi connectivity index (χ2v) is 4.04. The van der Waals surface area contributed by atoms with Crippen LogP contribution < -0.4 is 0 Å². The molecule has 0 fully saturated rings. The van der Waals surface area contributed by atoms with Crippen LogP contribution in [0.25, 0.3) is 10.1 Å². The third-order valence-electron chi connectivity index (χ3n) is 1.81. The monoisotopic (exact) mass is 229 g/mol. The predicted molar refractivity (Wildman–Crippen MR) is 55.2 cm³/mol. The van der Waals surface area contributed by atoms with Crippen molar-refractivity contribution in [2.75, 3.05) is 0 Å². The summed E-state index contributed by atoms with van der Waals surface area (Å²) in [5.41, 5.74) is -0.0796. The highest BCUT2D eigenvalue weighted by molar-refractivity contribution is 7.21. The standard InChI is InChI=1S/C8H4ClNO3S/c9-7-6-4(10(12)13)2-1-3-5(6)14-8(7)11/h1-3,11H. The van der Waals surface area contributed by atoms with E-state index in [1.807, 2.05) is 0 Å². The van der Waals surface area contributed by atoms with E-state index >= 15 is 0 Å². The zero-order valence-electron chi connectivity index (χ0n) is 6.73. The molecule has 72 valence electrons. The summed E-state index contributed by atoms with van der Waals surface area (Å²) in [6.45, 7) is 0. The van der Waals surface area contributed by atoms with Crippen LogP contribution in [0.2, 0.25) is 5.02 Å². The molecule has 14 heavy (non-hydrogen) atoms. The maximum absolute atomic E-state index is 10.6. The van der Waals surface area contributed by atoms with Crippen molar-refractivity contribution in [2.24, 2.45) is 0 Å². The Morgan fingerprint density at radius 3 is 2.86 bits per heavy atom. The normalized spacial score (nSPS) is 10.6. The van der Waals surface area contributed by atoms with Gasteiger partial charge in [-0.3, -0.25) is 10.1 Å². The highest BCUT2D eigenvalue weighted by atomic mass is 35.5. The van der Waals surface area contributed by atoms with E-state index in [4.69, 9.17) is 11.6 Å². The SMILES string of the molecule is O=[N+]([O-])c1cccc2sc(O)c(Cl)c12. The van der Waals surface area contributed by atoms with Crippen molar-refractivity contribution >= 4 is 38.7 Å². The van der Waals surface area contributed by atoms with Gasteiger partial charge in [0.2, 0.25) is 0 Å². The molecular formula is C8H4ClNO3S. The molecule has 0 radical (unpaired) electrons. The molecule has 0 unspecified atom stereocenters. The summed E-state index contributed by atoms with van der Waals surface area (Å²) in [4.78, 5) is 10.1. The van der Waals surface area contributed by atoms with E-state index in [1.165, 1.54) is 6.07 Å².